The smallest absolute Gasteiger partial charge is 0.165 e. The van der Waals surface area contributed by atoms with E-state index in [2.05, 4.69) is 10.2 Å². The topological polar surface area (TPSA) is 50.9 Å². The van der Waals surface area contributed by atoms with Crippen molar-refractivity contribution >= 4 is 11.6 Å². The molecular weight excluding hydrogens is 341 g/mol. The molecule has 0 atom stereocenters. The molecule has 2 bridgehead atoms. The third kappa shape index (κ3) is 2.64. The van der Waals surface area contributed by atoms with Crippen LogP contribution in [0.4, 0.5) is 4.39 Å². The first-order chi connectivity index (χ1) is 12.0. The van der Waals surface area contributed by atoms with Crippen molar-refractivity contribution in [2.24, 2.45) is 12.5 Å². The van der Waals surface area contributed by atoms with Crippen molar-refractivity contribution in [3.05, 3.63) is 29.0 Å². The fraction of sp³-hybridized carbons (Fsp3) is 0.579. The molecule has 0 saturated heterocycles. The van der Waals surface area contributed by atoms with Crippen LogP contribution in [0.5, 0.6) is 5.75 Å². The highest BCUT2D eigenvalue weighted by molar-refractivity contribution is 6.33. The minimum atomic E-state index is -0.208. The van der Waals surface area contributed by atoms with Crippen LogP contribution in [-0.2, 0) is 12.5 Å². The summed E-state index contributed by atoms with van der Waals surface area (Å²) < 4.78 is 15.0. The standard InChI is InChI=1S/C19H23ClFN3O/c1-24-16(14-3-2-13(25)12-15(14)20)22-23-17(24)19-7-4-18(5-8-19,6-9-19)10-11-21/h2-3,12,25H,4-11H2,1H3. The molecule has 0 radical (unpaired) electrons. The minimum Gasteiger partial charge on any atom is -0.508 e. The lowest BCUT2D eigenvalue weighted by molar-refractivity contribution is 0.0221. The van der Waals surface area contributed by atoms with Crippen molar-refractivity contribution < 1.29 is 9.50 Å². The second kappa shape index (κ2) is 5.97. The molecule has 2 aromatic rings. The van der Waals surface area contributed by atoms with E-state index in [4.69, 9.17) is 11.6 Å². The van der Waals surface area contributed by atoms with Gasteiger partial charge in [-0.15, -0.1) is 10.2 Å². The Balaban J connectivity index is 1.66. The van der Waals surface area contributed by atoms with Crippen LogP contribution in [0.2, 0.25) is 5.02 Å². The number of hydrogen-bond acceptors (Lipinski definition) is 3. The van der Waals surface area contributed by atoms with Gasteiger partial charge in [0, 0.05) is 18.0 Å². The number of hydrogen-bond donors (Lipinski definition) is 1. The van der Waals surface area contributed by atoms with Crippen LogP contribution in [0.3, 0.4) is 0 Å². The Hall–Kier alpha value is -1.62. The molecule has 1 N–H and O–H groups in total. The van der Waals surface area contributed by atoms with Crippen molar-refractivity contribution in [1.29, 1.82) is 0 Å². The highest BCUT2D eigenvalue weighted by atomic mass is 35.5. The summed E-state index contributed by atoms with van der Waals surface area (Å²) in [5, 5.41) is 19.0. The van der Waals surface area contributed by atoms with Crippen molar-refractivity contribution in [1.82, 2.24) is 14.8 Å². The molecule has 5 rings (SSSR count). The summed E-state index contributed by atoms with van der Waals surface area (Å²) in [6.07, 6.45) is 7.13. The first kappa shape index (κ1) is 16.8. The Morgan fingerprint density at radius 1 is 1.16 bits per heavy atom. The van der Waals surface area contributed by atoms with Gasteiger partial charge in [0.1, 0.15) is 11.6 Å². The molecule has 4 nitrogen and oxygen atoms in total. The predicted octanol–water partition coefficient (Wildman–Crippen LogP) is 4.79. The van der Waals surface area contributed by atoms with E-state index in [1.807, 2.05) is 11.6 Å². The van der Waals surface area contributed by atoms with Gasteiger partial charge in [-0.3, -0.25) is 4.39 Å². The summed E-state index contributed by atoms with van der Waals surface area (Å²) >= 11 is 6.28. The molecule has 6 heteroatoms. The van der Waals surface area contributed by atoms with Crippen molar-refractivity contribution in [3.8, 4) is 17.1 Å². The van der Waals surface area contributed by atoms with Gasteiger partial charge >= 0.3 is 0 Å². The number of rotatable bonds is 4. The Morgan fingerprint density at radius 2 is 1.84 bits per heavy atom. The van der Waals surface area contributed by atoms with Crippen LogP contribution in [0.25, 0.3) is 11.4 Å². The Bertz CT molecular complexity index is 779. The van der Waals surface area contributed by atoms with Gasteiger partial charge in [0.15, 0.2) is 5.82 Å². The van der Waals surface area contributed by atoms with Crippen molar-refractivity contribution in [3.63, 3.8) is 0 Å². The van der Waals surface area contributed by atoms with E-state index < -0.39 is 0 Å². The summed E-state index contributed by atoms with van der Waals surface area (Å²) in [4.78, 5) is 0. The maximum atomic E-state index is 12.9. The largest absolute Gasteiger partial charge is 0.508 e. The number of aromatic hydroxyl groups is 1. The average molecular weight is 364 g/mol. The SMILES string of the molecule is Cn1c(-c2ccc(O)cc2Cl)nnc1C12CCC(CCF)(CC1)CC2. The summed E-state index contributed by atoms with van der Waals surface area (Å²) in [6, 6.07) is 4.91. The van der Waals surface area contributed by atoms with Crippen LogP contribution >= 0.6 is 11.6 Å². The van der Waals surface area contributed by atoms with E-state index >= 15 is 0 Å². The molecule has 3 aliphatic carbocycles. The average Bonchev–Trinajstić information content (AvgIpc) is 2.99. The van der Waals surface area contributed by atoms with E-state index in [0.29, 0.717) is 11.4 Å². The summed E-state index contributed by atoms with van der Waals surface area (Å²) in [6.45, 7) is -0.208. The highest BCUT2D eigenvalue weighted by Gasteiger charge is 2.51. The first-order valence-electron chi connectivity index (χ1n) is 8.93. The Labute approximate surface area is 152 Å². The minimum absolute atomic E-state index is 0.0570. The number of phenols is 1. The summed E-state index contributed by atoms with van der Waals surface area (Å²) in [7, 11) is 1.99. The maximum Gasteiger partial charge on any atom is 0.165 e. The predicted molar refractivity (Wildman–Crippen MR) is 95.5 cm³/mol. The zero-order valence-electron chi connectivity index (χ0n) is 14.4. The van der Waals surface area contributed by atoms with E-state index in [0.717, 1.165) is 55.7 Å². The number of alkyl halides is 1. The fourth-order valence-corrected chi connectivity index (χ4v) is 5.14. The number of phenolic OH excluding ortho intramolecular Hbond substituents is 1. The van der Waals surface area contributed by atoms with Gasteiger partial charge in [-0.05, 0) is 68.6 Å². The molecule has 3 aliphatic rings. The summed E-state index contributed by atoms with van der Waals surface area (Å²) in [5.74, 6) is 1.87. The highest BCUT2D eigenvalue weighted by Crippen LogP contribution is 2.58. The monoisotopic (exact) mass is 363 g/mol. The number of halogens is 2. The molecule has 1 heterocycles. The van der Waals surface area contributed by atoms with Crippen LogP contribution in [0, 0.1) is 5.41 Å². The molecule has 134 valence electrons. The molecule has 0 spiro atoms. The number of nitrogens with zero attached hydrogens (tertiary/aromatic N) is 3. The van der Waals surface area contributed by atoms with Gasteiger partial charge in [0.2, 0.25) is 0 Å². The zero-order valence-corrected chi connectivity index (χ0v) is 15.2. The molecule has 3 fully saturated rings. The lowest BCUT2D eigenvalue weighted by Crippen LogP contribution is -2.45. The third-order valence-electron chi connectivity index (χ3n) is 6.57. The van der Waals surface area contributed by atoms with Gasteiger partial charge in [0.25, 0.3) is 0 Å². The molecular formula is C19H23ClFN3O. The van der Waals surface area contributed by atoms with E-state index in [1.54, 1.807) is 12.1 Å². The first-order valence-corrected chi connectivity index (χ1v) is 9.31. The molecule has 0 amide bonds. The molecule has 1 aromatic heterocycles. The van der Waals surface area contributed by atoms with Crippen LogP contribution < -0.4 is 0 Å². The Kier molecular flexibility index (Phi) is 4.02. The van der Waals surface area contributed by atoms with Crippen LogP contribution in [-0.4, -0.2) is 26.5 Å². The van der Waals surface area contributed by atoms with Crippen LogP contribution in [0.1, 0.15) is 50.8 Å². The molecule has 0 aliphatic heterocycles. The summed E-state index contributed by atoms with van der Waals surface area (Å²) in [5.41, 5.74) is 1.05. The van der Waals surface area contributed by atoms with Gasteiger partial charge < -0.3 is 9.67 Å². The Morgan fingerprint density at radius 3 is 2.44 bits per heavy atom. The normalized spacial score (nSPS) is 28.4. The fourth-order valence-electron chi connectivity index (χ4n) is 4.89. The number of fused-ring (bicyclic) bond motifs is 3. The molecule has 25 heavy (non-hydrogen) atoms. The lowest BCUT2D eigenvalue weighted by atomic mass is 9.52. The molecule has 3 saturated carbocycles. The lowest BCUT2D eigenvalue weighted by Gasteiger charge is -2.52. The zero-order chi connectivity index (χ0) is 17.7. The van der Waals surface area contributed by atoms with Crippen LogP contribution in [0.15, 0.2) is 18.2 Å². The third-order valence-corrected chi connectivity index (χ3v) is 6.88. The van der Waals surface area contributed by atoms with Crippen molar-refractivity contribution in [2.75, 3.05) is 6.67 Å². The van der Waals surface area contributed by atoms with Crippen molar-refractivity contribution in [2.45, 2.75) is 50.4 Å². The molecule has 1 aromatic carbocycles. The van der Waals surface area contributed by atoms with Gasteiger partial charge in [0.05, 0.1) is 11.7 Å². The maximum absolute atomic E-state index is 12.9. The molecule has 0 unspecified atom stereocenters. The van der Waals surface area contributed by atoms with Gasteiger partial charge in [-0.2, -0.15) is 0 Å². The van der Waals surface area contributed by atoms with Gasteiger partial charge in [-0.1, -0.05) is 11.6 Å². The number of benzene rings is 1. The van der Waals surface area contributed by atoms with E-state index in [-0.39, 0.29) is 23.3 Å². The quantitative estimate of drug-likeness (QED) is 0.849. The second-order valence-electron chi connectivity index (χ2n) is 7.79. The second-order valence-corrected chi connectivity index (χ2v) is 8.20. The van der Waals surface area contributed by atoms with E-state index in [9.17, 15) is 9.50 Å². The van der Waals surface area contributed by atoms with E-state index in [1.165, 1.54) is 6.07 Å². The van der Waals surface area contributed by atoms with Gasteiger partial charge in [-0.25, -0.2) is 0 Å². The number of aromatic nitrogens is 3.